The van der Waals surface area contributed by atoms with Crippen molar-refractivity contribution in [3.05, 3.63) is 28.5 Å². The number of aromatic nitrogens is 1. The molecule has 100 valence electrons. The minimum atomic E-state index is 0.376. The van der Waals surface area contributed by atoms with E-state index in [2.05, 4.69) is 64.6 Å². The molecule has 4 heteroatoms. The minimum absolute atomic E-state index is 0.376. The standard InChI is InChI=1S/C14H22BrN3/c1-10-8-18(9-11(2)17(10)4)12(3)14-7-13(15)5-6-16-14/h5-7,10-12H,8-9H2,1-4H3/t10-,11?,12-/m0/s1. The number of halogens is 1. The van der Waals surface area contributed by atoms with Gasteiger partial charge < -0.3 is 0 Å². The number of likely N-dealkylation sites (N-methyl/N-ethyl adjacent to an activating group) is 1. The predicted molar refractivity (Wildman–Crippen MR) is 78.6 cm³/mol. The zero-order valence-corrected chi connectivity index (χ0v) is 13.2. The molecule has 1 aliphatic heterocycles. The lowest BCUT2D eigenvalue weighted by atomic mass is 10.1. The fraction of sp³-hybridized carbons (Fsp3) is 0.643. The molecular formula is C14H22BrN3. The predicted octanol–water partition coefficient (Wildman–Crippen LogP) is 2.93. The Hall–Kier alpha value is -0.450. The molecule has 0 N–H and O–H groups in total. The maximum atomic E-state index is 4.50. The van der Waals surface area contributed by atoms with Crippen LogP contribution in [0.5, 0.6) is 0 Å². The summed E-state index contributed by atoms with van der Waals surface area (Å²) in [5.74, 6) is 0. The van der Waals surface area contributed by atoms with Crippen LogP contribution in [0.2, 0.25) is 0 Å². The second kappa shape index (κ2) is 5.68. The smallest absolute Gasteiger partial charge is 0.0583 e. The highest BCUT2D eigenvalue weighted by Gasteiger charge is 2.29. The van der Waals surface area contributed by atoms with Crippen molar-refractivity contribution in [1.29, 1.82) is 0 Å². The summed E-state index contributed by atoms with van der Waals surface area (Å²) in [7, 11) is 2.22. The lowest BCUT2D eigenvalue weighted by Gasteiger charge is -2.44. The summed E-state index contributed by atoms with van der Waals surface area (Å²) in [6, 6.07) is 5.68. The fourth-order valence-corrected chi connectivity index (χ4v) is 2.95. The molecule has 1 aromatic heterocycles. The third-order valence-corrected chi connectivity index (χ3v) is 4.60. The van der Waals surface area contributed by atoms with Gasteiger partial charge in [0, 0.05) is 41.9 Å². The molecule has 18 heavy (non-hydrogen) atoms. The normalized spacial score (nSPS) is 28.3. The number of piperazine rings is 1. The summed E-state index contributed by atoms with van der Waals surface area (Å²) in [6.45, 7) is 9.05. The fourth-order valence-electron chi connectivity index (χ4n) is 2.60. The molecule has 0 saturated carbocycles. The molecule has 1 aromatic rings. The van der Waals surface area contributed by atoms with Gasteiger partial charge in [0.15, 0.2) is 0 Å². The average molecular weight is 312 g/mol. The van der Waals surface area contributed by atoms with Crippen molar-refractivity contribution >= 4 is 15.9 Å². The molecule has 3 atom stereocenters. The molecular weight excluding hydrogens is 290 g/mol. The molecule has 1 fully saturated rings. The molecule has 0 aliphatic carbocycles. The van der Waals surface area contributed by atoms with Crippen molar-refractivity contribution in [2.24, 2.45) is 0 Å². The maximum Gasteiger partial charge on any atom is 0.0583 e. The Morgan fingerprint density at radius 3 is 2.50 bits per heavy atom. The second-order valence-corrected chi connectivity index (χ2v) is 6.31. The van der Waals surface area contributed by atoms with Crippen LogP contribution in [0, 0.1) is 0 Å². The first kappa shape index (κ1) is 14.0. The third kappa shape index (κ3) is 2.92. The molecule has 0 aromatic carbocycles. The Morgan fingerprint density at radius 1 is 1.33 bits per heavy atom. The third-order valence-electron chi connectivity index (χ3n) is 4.11. The van der Waals surface area contributed by atoms with Crippen molar-refractivity contribution in [3.8, 4) is 0 Å². The van der Waals surface area contributed by atoms with E-state index >= 15 is 0 Å². The van der Waals surface area contributed by atoms with Gasteiger partial charge in [0.05, 0.1) is 5.69 Å². The Kier molecular flexibility index (Phi) is 4.41. The zero-order chi connectivity index (χ0) is 13.3. The van der Waals surface area contributed by atoms with Gasteiger partial charge >= 0.3 is 0 Å². The molecule has 3 nitrogen and oxygen atoms in total. The SMILES string of the molecule is CC1CN([C@@H](C)c2cc(Br)ccn2)C[C@H](C)N1C. The molecule has 0 spiro atoms. The van der Waals surface area contributed by atoms with Crippen LogP contribution in [0.3, 0.4) is 0 Å². The van der Waals surface area contributed by atoms with E-state index in [1.165, 1.54) is 0 Å². The Labute approximate surface area is 118 Å². The van der Waals surface area contributed by atoms with Crippen LogP contribution in [0.15, 0.2) is 22.8 Å². The molecule has 1 unspecified atom stereocenters. The van der Waals surface area contributed by atoms with Gasteiger partial charge in [-0.05, 0) is 40.0 Å². The first-order chi connectivity index (χ1) is 8.49. The Bertz CT molecular complexity index is 398. The molecule has 0 radical (unpaired) electrons. The van der Waals surface area contributed by atoms with Crippen molar-refractivity contribution in [2.45, 2.75) is 38.9 Å². The van der Waals surface area contributed by atoms with Crippen molar-refractivity contribution in [3.63, 3.8) is 0 Å². The number of pyridine rings is 1. The first-order valence-corrected chi connectivity index (χ1v) is 7.35. The molecule has 1 aliphatic rings. The highest BCUT2D eigenvalue weighted by Crippen LogP contribution is 2.25. The van der Waals surface area contributed by atoms with Gasteiger partial charge in [0.25, 0.3) is 0 Å². The van der Waals surface area contributed by atoms with E-state index in [9.17, 15) is 0 Å². The largest absolute Gasteiger partial charge is 0.298 e. The summed E-state index contributed by atoms with van der Waals surface area (Å²) in [4.78, 5) is 9.49. The highest BCUT2D eigenvalue weighted by atomic mass is 79.9. The van der Waals surface area contributed by atoms with Crippen molar-refractivity contribution < 1.29 is 0 Å². The van der Waals surface area contributed by atoms with Gasteiger partial charge in [-0.15, -0.1) is 0 Å². The summed E-state index contributed by atoms with van der Waals surface area (Å²) in [5, 5.41) is 0. The summed E-state index contributed by atoms with van der Waals surface area (Å²) in [6.07, 6.45) is 1.87. The van der Waals surface area contributed by atoms with Gasteiger partial charge in [-0.2, -0.15) is 0 Å². The summed E-state index contributed by atoms with van der Waals surface area (Å²) < 4.78 is 1.11. The molecule has 0 bridgehead atoms. The lowest BCUT2D eigenvalue weighted by Crippen LogP contribution is -2.55. The lowest BCUT2D eigenvalue weighted by molar-refractivity contribution is 0.0367. The van der Waals surface area contributed by atoms with Crippen molar-refractivity contribution in [1.82, 2.24) is 14.8 Å². The quantitative estimate of drug-likeness (QED) is 0.837. The van der Waals surface area contributed by atoms with E-state index in [1.54, 1.807) is 0 Å². The van der Waals surface area contributed by atoms with E-state index in [4.69, 9.17) is 0 Å². The van der Waals surface area contributed by atoms with Crippen LogP contribution in [0.4, 0.5) is 0 Å². The summed E-state index contributed by atoms with van der Waals surface area (Å²) in [5.41, 5.74) is 1.15. The Balaban J connectivity index is 2.12. The second-order valence-electron chi connectivity index (χ2n) is 5.39. The van der Waals surface area contributed by atoms with Crippen LogP contribution in [0.1, 0.15) is 32.5 Å². The number of hydrogen-bond acceptors (Lipinski definition) is 3. The van der Waals surface area contributed by atoms with E-state index in [0.29, 0.717) is 18.1 Å². The van der Waals surface area contributed by atoms with Gasteiger partial charge in [0.2, 0.25) is 0 Å². The number of hydrogen-bond donors (Lipinski definition) is 0. The van der Waals surface area contributed by atoms with Crippen LogP contribution >= 0.6 is 15.9 Å². The van der Waals surface area contributed by atoms with Gasteiger partial charge in [0.1, 0.15) is 0 Å². The van der Waals surface area contributed by atoms with Crippen LogP contribution in [0.25, 0.3) is 0 Å². The average Bonchev–Trinajstić information content (AvgIpc) is 2.34. The van der Waals surface area contributed by atoms with Crippen molar-refractivity contribution in [2.75, 3.05) is 20.1 Å². The highest BCUT2D eigenvalue weighted by molar-refractivity contribution is 9.10. The van der Waals surface area contributed by atoms with Crippen LogP contribution in [-0.2, 0) is 0 Å². The number of nitrogens with zero attached hydrogens (tertiary/aromatic N) is 3. The zero-order valence-electron chi connectivity index (χ0n) is 11.6. The van der Waals surface area contributed by atoms with E-state index < -0.39 is 0 Å². The minimum Gasteiger partial charge on any atom is -0.298 e. The molecule has 0 amide bonds. The van der Waals surface area contributed by atoms with Crippen LogP contribution < -0.4 is 0 Å². The van der Waals surface area contributed by atoms with Gasteiger partial charge in [-0.1, -0.05) is 15.9 Å². The Morgan fingerprint density at radius 2 is 1.94 bits per heavy atom. The van der Waals surface area contributed by atoms with E-state index in [1.807, 2.05) is 12.3 Å². The monoisotopic (exact) mass is 311 g/mol. The summed E-state index contributed by atoms with van der Waals surface area (Å²) >= 11 is 3.52. The molecule has 1 saturated heterocycles. The van der Waals surface area contributed by atoms with Gasteiger partial charge in [-0.25, -0.2) is 0 Å². The molecule has 2 heterocycles. The van der Waals surface area contributed by atoms with E-state index in [0.717, 1.165) is 23.3 Å². The van der Waals surface area contributed by atoms with Crippen LogP contribution in [-0.4, -0.2) is 47.0 Å². The first-order valence-electron chi connectivity index (χ1n) is 6.56. The maximum absolute atomic E-state index is 4.50. The van der Waals surface area contributed by atoms with Gasteiger partial charge in [-0.3, -0.25) is 14.8 Å². The van der Waals surface area contributed by atoms with E-state index in [-0.39, 0.29) is 0 Å². The molecule has 2 rings (SSSR count). The topological polar surface area (TPSA) is 19.4 Å². The number of rotatable bonds is 2.